The fourth-order valence-electron chi connectivity index (χ4n) is 3.70. The molecule has 0 aliphatic carbocycles. The number of hydrogen-bond acceptors (Lipinski definition) is 11. The monoisotopic (exact) mass is 581 g/mol. The van der Waals surface area contributed by atoms with Crippen molar-refractivity contribution in [2.45, 2.75) is 97.4 Å². The SMILES string of the molecule is CCCCCOC(=O)Oc1ccc(C[C@H](NCCOC(=O)CCCCC)C(=O)OC)cc1OC(=O)OCCCCC. The number of esters is 2. The molecular weight excluding hydrogens is 534 g/mol. The van der Waals surface area contributed by atoms with Gasteiger partial charge in [0.15, 0.2) is 11.5 Å². The van der Waals surface area contributed by atoms with Crippen molar-refractivity contribution in [1.29, 1.82) is 0 Å². The molecule has 1 atom stereocenters. The van der Waals surface area contributed by atoms with Crippen LogP contribution in [0, 0.1) is 0 Å². The maximum absolute atomic E-state index is 12.4. The molecule has 1 aromatic rings. The van der Waals surface area contributed by atoms with E-state index in [2.05, 4.69) is 12.2 Å². The van der Waals surface area contributed by atoms with Crippen molar-refractivity contribution in [1.82, 2.24) is 5.32 Å². The second-order valence-electron chi connectivity index (χ2n) is 9.51. The summed E-state index contributed by atoms with van der Waals surface area (Å²) in [6.07, 6.45) is 6.56. The number of unbranched alkanes of at least 4 members (excludes halogenated alkanes) is 6. The average Bonchev–Trinajstić information content (AvgIpc) is 2.96. The zero-order valence-electron chi connectivity index (χ0n) is 25.0. The fraction of sp³-hybridized carbons (Fsp3) is 0.667. The first-order valence-corrected chi connectivity index (χ1v) is 14.6. The summed E-state index contributed by atoms with van der Waals surface area (Å²) >= 11 is 0. The minimum Gasteiger partial charge on any atom is -0.468 e. The van der Waals surface area contributed by atoms with Crippen molar-refractivity contribution in [3.63, 3.8) is 0 Å². The molecule has 0 fully saturated rings. The summed E-state index contributed by atoms with van der Waals surface area (Å²) in [6.45, 7) is 6.87. The number of rotatable bonds is 21. The van der Waals surface area contributed by atoms with Gasteiger partial charge < -0.3 is 33.7 Å². The number of carbonyl (C=O) groups excluding carboxylic acids is 4. The van der Waals surface area contributed by atoms with E-state index in [1.165, 1.54) is 19.2 Å². The number of ether oxygens (including phenoxy) is 6. The molecule has 0 aromatic heterocycles. The Balaban J connectivity index is 2.90. The standard InChI is InChI=1S/C30H47NO10/c1-5-8-11-14-27(32)37-20-17-31-24(28(33)36-4)21-23-15-16-25(40-29(34)38-18-12-9-6-2)26(22-23)41-30(35)39-19-13-10-7-3/h15-16,22,24,31H,5-14,17-21H2,1-4H3/t24-/m0/s1. The van der Waals surface area contributed by atoms with Crippen molar-refractivity contribution in [2.24, 2.45) is 0 Å². The van der Waals surface area contributed by atoms with Gasteiger partial charge in [-0.1, -0.05) is 65.4 Å². The van der Waals surface area contributed by atoms with Gasteiger partial charge in [-0.15, -0.1) is 0 Å². The van der Waals surface area contributed by atoms with Crippen LogP contribution >= 0.6 is 0 Å². The molecule has 0 radical (unpaired) electrons. The number of benzene rings is 1. The van der Waals surface area contributed by atoms with Gasteiger partial charge in [0, 0.05) is 13.0 Å². The highest BCUT2D eigenvalue weighted by atomic mass is 16.7. The van der Waals surface area contributed by atoms with Gasteiger partial charge in [-0.2, -0.15) is 0 Å². The number of nitrogens with one attached hydrogen (secondary N) is 1. The van der Waals surface area contributed by atoms with Crippen LogP contribution in [0.25, 0.3) is 0 Å². The second kappa shape index (κ2) is 22.4. The molecule has 11 heteroatoms. The van der Waals surface area contributed by atoms with Crippen LogP contribution in [0.2, 0.25) is 0 Å². The van der Waals surface area contributed by atoms with Gasteiger partial charge in [-0.05, 0) is 43.4 Å². The van der Waals surface area contributed by atoms with Crippen LogP contribution in [0.3, 0.4) is 0 Å². The predicted octanol–water partition coefficient (Wildman–Crippen LogP) is 5.90. The summed E-state index contributed by atoms with van der Waals surface area (Å²) in [5.41, 5.74) is 0.585. The highest BCUT2D eigenvalue weighted by Crippen LogP contribution is 2.30. The average molecular weight is 582 g/mol. The van der Waals surface area contributed by atoms with E-state index in [1.807, 2.05) is 13.8 Å². The third-order valence-corrected chi connectivity index (χ3v) is 6.00. The topological polar surface area (TPSA) is 136 Å². The zero-order chi connectivity index (χ0) is 30.3. The molecule has 0 bridgehead atoms. The van der Waals surface area contributed by atoms with Crippen molar-refractivity contribution in [3.8, 4) is 11.5 Å². The molecule has 0 saturated heterocycles. The third-order valence-electron chi connectivity index (χ3n) is 6.00. The van der Waals surface area contributed by atoms with Gasteiger partial charge >= 0.3 is 24.2 Å². The van der Waals surface area contributed by atoms with Gasteiger partial charge in [0.25, 0.3) is 0 Å². The lowest BCUT2D eigenvalue weighted by Crippen LogP contribution is -2.41. The van der Waals surface area contributed by atoms with Crippen molar-refractivity contribution in [3.05, 3.63) is 23.8 Å². The van der Waals surface area contributed by atoms with E-state index in [1.54, 1.807) is 6.07 Å². The van der Waals surface area contributed by atoms with E-state index in [9.17, 15) is 19.2 Å². The normalized spacial score (nSPS) is 11.3. The van der Waals surface area contributed by atoms with Gasteiger partial charge in [0.2, 0.25) is 0 Å². The first-order chi connectivity index (χ1) is 19.8. The van der Waals surface area contributed by atoms with Crippen LogP contribution in [0.5, 0.6) is 11.5 Å². The Hall–Kier alpha value is -3.34. The summed E-state index contributed by atoms with van der Waals surface area (Å²) in [7, 11) is 1.27. The van der Waals surface area contributed by atoms with Crippen LogP contribution in [-0.2, 0) is 35.0 Å². The van der Waals surface area contributed by atoms with E-state index in [0.29, 0.717) is 24.8 Å². The first-order valence-electron chi connectivity index (χ1n) is 14.6. The van der Waals surface area contributed by atoms with Crippen LogP contribution in [0.4, 0.5) is 9.59 Å². The quantitative estimate of drug-likeness (QED) is 0.0805. The molecule has 0 aliphatic rings. The van der Waals surface area contributed by atoms with E-state index in [-0.39, 0.29) is 50.3 Å². The minimum absolute atomic E-state index is 0.0303. The Morgan fingerprint density at radius 1 is 0.732 bits per heavy atom. The summed E-state index contributed by atoms with van der Waals surface area (Å²) in [6, 6.07) is 3.79. The maximum Gasteiger partial charge on any atom is 0.513 e. The van der Waals surface area contributed by atoms with Crippen molar-refractivity contribution in [2.75, 3.05) is 33.5 Å². The van der Waals surface area contributed by atoms with Crippen LogP contribution in [0.15, 0.2) is 18.2 Å². The van der Waals surface area contributed by atoms with Crippen molar-refractivity contribution >= 4 is 24.2 Å². The molecule has 0 amide bonds. The molecule has 1 rings (SSSR count). The van der Waals surface area contributed by atoms with E-state index < -0.39 is 24.3 Å². The van der Waals surface area contributed by atoms with Crippen LogP contribution in [0.1, 0.15) is 90.5 Å². The minimum atomic E-state index is -0.942. The summed E-state index contributed by atoms with van der Waals surface area (Å²) in [5.74, 6) is -0.888. The van der Waals surface area contributed by atoms with Crippen molar-refractivity contribution < 1.29 is 47.6 Å². The largest absolute Gasteiger partial charge is 0.513 e. The van der Waals surface area contributed by atoms with Gasteiger partial charge in [-0.25, -0.2) is 9.59 Å². The summed E-state index contributed by atoms with van der Waals surface area (Å²) < 4.78 is 31.0. The lowest BCUT2D eigenvalue weighted by atomic mass is 10.1. The first kappa shape index (κ1) is 35.7. The molecule has 0 spiro atoms. The van der Waals surface area contributed by atoms with Gasteiger partial charge in [0.1, 0.15) is 12.6 Å². The Labute approximate surface area is 243 Å². The Morgan fingerprint density at radius 3 is 1.90 bits per heavy atom. The molecule has 0 aliphatic heterocycles. The zero-order valence-corrected chi connectivity index (χ0v) is 25.0. The van der Waals surface area contributed by atoms with E-state index in [4.69, 9.17) is 28.4 Å². The molecule has 232 valence electrons. The van der Waals surface area contributed by atoms with Crippen LogP contribution < -0.4 is 14.8 Å². The Kier molecular flexibility index (Phi) is 19.5. The molecular formula is C30H47NO10. The van der Waals surface area contributed by atoms with Gasteiger partial charge in [-0.3, -0.25) is 9.59 Å². The number of hydrogen-bond donors (Lipinski definition) is 1. The lowest BCUT2D eigenvalue weighted by molar-refractivity contribution is -0.144. The molecule has 1 N–H and O–H groups in total. The highest BCUT2D eigenvalue weighted by Gasteiger charge is 2.22. The van der Waals surface area contributed by atoms with Crippen LogP contribution in [-0.4, -0.2) is 63.8 Å². The summed E-state index contributed by atoms with van der Waals surface area (Å²) in [5, 5.41) is 3.03. The second-order valence-corrected chi connectivity index (χ2v) is 9.51. The number of carbonyl (C=O) groups is 4. The molecule has 41 heavy (non-hydrogen) atoms. The number of methoxy groups -OCH3 is 1. The smallest absolute Gasteiger partial charge is 0.468 e. The lowest BCUT2D eigenvalue weighted by Gasteiger charge is -2.18. The summed E-state index contributed by atoms with van der Waals surface area (Å²) in [4.78, 5) is 48.8. The third kappa shape index (κ3) is 16.5. The van der Waals surface area contributed by atoms with Gasteiger partial charge in [0.05, 0.1) is 20.3 Å². The predicted molar refractivity (Wildman–Crippen MR) is 152 cm³/mol. The maximum atomic E-state index is 12.4. The molecule has 0 saturated carbocycles. The molecule has 1 aromatic carbocycles. The highest BCUT2D eigenvalue weighted by molar-refractivity contribution is 5.76. The molecule has 0 heterocycles. The molecule has 0 unspecified atom stereocenters. The molecule has 11 nitrogen and oxygen atoms in total. The Bertz CT molecular complexity index is 921. The Morgan fingerprint density at radius 2 is 1.32 bits per heavy atom. The fourth-order valence-corrected chi connectivity index (χ4v) is 3.70. The van der Waals surface area contributed by atoms with E-state index in [0.717, 1.165) is 44.9 Å². The van der Waals surface area contributed by atoms with E-state index >= 15 is 0 Å².